The lowest BCUT2D eigenvalue weighted by Crippen LogP contribution is -2.52. The first kappa shape index (κ1) is 18.4. The number of hydrogen-bond donors (Lipinski definition) is 2. The number of nitrogens with one attached hydrogen (secondary N) is 2. The Morgan fingerprint density at radius 2 is 1.95 bits per heavy atom. The molecule has 1 amide bonds. The molecule has 1 heterocycles. The molecular formula is C17H35N3O. The Balaban J connectivity index is 2.49. The molecule has 21 heavy (non-hydrogen) atoms. The quantitative estimate of drug-likeness (QED) is 0.722. The minimum absolute atomic E-state index is 0.00761. The average molecular weight is 297 g/mol. The molecule has 0 bridgehead atoms. The number of rotatable bonds is 8. The molecule has 0 aromatic carbocycles. The molecule has 1 rings (SSSR count). The summed E-state index contributed by atoms with van der Waals surface area (Å²) in [4.78, 5) is 14.6. The molecule has 1 saturated heterocycles. The Bertz CT molecular complexity index is 302. The van der Waals surface area contributed by atoms with Crippen molar-refractivity contribution >= 4 is 5.91 Å². The van der Waals surface area contributed by atoms with Crippen LogP contribution >= 0.6 is 0 Å². The zero-order chi connectivity index (χ0) is 15.8. The van der Waals surface area contributed by atoms with Crippen molar-refractivity contribution in [3.63, 3.8) is 0 Å². The van der Waals surface area contributed by atoms with Crippen molar-refractivity contribution in [2.45, 2.75) is 65.0 Å². The Labute approximate surface area is 131 Å². The number of nitrogens with zero attached hydrogens (tertiary/aromatic N) is 1. The average Bonchev–Trinajstić information content (AvgIpc) is 2.50. The van der Waals surface area contributed by atoms with Crippen molar-refractivity contribution in [1.29, 1.82) is 0 Å². The molecule has 0 spiro atoms. The van der Waals surface area contributed by atoms with Gasteiger partial charge < -0.3 is 15.5 Å². The third kappa shape index (κ3) is 5.59. The Kier molecular flexibility index (Phi) is 8.27. The van der Waals surface area contributed by atoms with Crippen LogP contribution in [0.2, 0.25) is 0 Å². The molecule has 0 radical (unpaired) electrons. The number of hydrogen-bond acceptors (Lipinski definition) is 3. The van der Waals surface area contributed by atoms with Crippen LogP contribution in [0.3, 0.4) is 0 Å². The van der Waals surface area contributed by atoms with Crippen LogP contribution in [0.25, 0.3) is 0 Å². The molecule has 0 aliphatic carbocycles. The van der Waals surface area contributed by atoms with Gasteiger partial charge in [0.2, 0.25) is 5.91 Å². The fourth-order valence-electron chi connectivity index (χ4n) is 3.50. The maximum Gasteiger partial charge on any atom is 0.237 e. The summed E-state index contributed by atoms with van der Waals surface area (Å²) in [7, 11) is 4.22. The number of likely N-dealkylation sites (N-methyl/N-ethyl adjacent to an activating group) is 1. The van der Waals surface area contributed by atoms with Gasteiger partial charge in [-0.2, -0.15) is 0 Å². The number of amides is 1. The van der Waals surface area contributed by atoms with Crippen LogP contribution in [0, 0.1) is 11.8 Å². The maximum atomic E-state index is 12.4. The van der Waals surface area contributed by atoms with E-state index < -0.39 is 0 Å². The molecule has 0 aromatic rings. The summed E-state index contributed by atoms with van der Waals surface area (Å²) < 4.78 is 0. The van der Waals surface area contributed by atoms with E-state index in [0.29, 0.717) is 17.9 Å². The van der Waals surface area contributed by atoms with Gasteiger partial charge in [0.15, 0.2) is 0 Å². The van der Waals surface area contributed by atoms with Crippen LogP contribution in [-0.4, -0.2) is 50.1 Å². The summed E-state index contributed by atoms with van der Waals surface area (Å²) in [5.41, 5.74) is 0. The molecular weight excluding hydrogens is 262 g/mol. The van der Waals surface area contributed by atoms with E-state index >= 15 is 0 Å². The molecule has 124 valence electrons. The van der Waals surface area contributed by atoms with E-state index in [0.717, 1.165) is 32.4 Å². The first-order valence-electron chi connectivity index (χ1n) is 8.70. The zero-order valence-electron chi connectivity index (χ0n) is 14.6. The first-order chi connectivity index (χ1) is 10.0. The monoisotopic (exact) mass is 297 g/mol. The van der Waals surface area contributed by atoms with Gasteiger partial charge in [0.25, 0.3) is 0 Å². The van der Waals surface area contributed by atoms with Crippen molar-refractivity contribution in [1.82, 2.24) is 15.5 Å². The van der Waals surface area contributed by atoms with Crippen molar-refractivity contribution in [2.75, 3.05) is 27.2 Å². The standard InChI is InChI=1S/C17H35N3O/c1-6-13-9-10-18-15(11-13)17(21)19-12-16(20(4)5)14(7-2)8-3/h13-16,18H,6-12H2,1-5H3,(H,19,21). The van der Waals surface area contributed by atoms with E-state index in [1.54, 1.807) is 0 Å². The predicted octanol–water partition coefficient (Wildman–Crippen LogP) is 2.25. The topological polar surface area (TPSA) is 44.4 Å². The van der Waals surface area contributed by atoms with E-state index in [1.807, 2.05) is 0 Å². The van der Waals surface area contributed by atoms with E-state index in [1.165, 1.54) is 12.8 Å². The van der Waals surface area contributed by atoms with Gasteiger partial charge in [0.05, 0.1) is 6.04 Å². The summed E-state index contributed by atoms with van der Waals surface area (Å²) in [6.45, 7) is 8.43. The second kappa shape index (κ2) is 9.42. The van der Waals surface area contributed by atoms with Crippen LogP contribution in [-0.2, 0) is 4.79 Å². The third-order valence-corrected chi connectivity index (χ3v) is 5.15. The van der Waals surface area contributed by atoms with Crippen LogP contribution in [0.15, 0.2) is 0 Å². The first-order valence-corrected chi connectivity index (χ1v) is 8.70. The fraction of sp³-hybridized carbons (Fsp3) is 0.941. The summed E-state index contributed by atoms with van der Waals surface area (Å²) in [6.07, 6.45) is 5.69. The van der Waals surface area contributed by atoms with Crippen molar-refractivity contribution in [3.8, 4) is 0 Å². The highest BCUT2D eigenvalue weighted by molar-refractivity contribution is 5.81. The van der Waals surface area contributed by atoms with E-state index in [4.69, 9.17) is 0 Å². The van der Waals surface area contributed by atoms with Gasteiger partial charge in [-0.15, -0.1) is 0 Å². The predicted molar refractivity (Wildman–Crippen MR) is 89.4 cm³/mol. The third-order valence-electron chi connectivity index (χ3n) is 5.15. The molecule has 0 aromatic heterocycles. The minimum Gasteiger partial charge on any atom is -0.353 e. The Morgan fingerprint density at radius 3 is 2.48 bits per heavy atom. The maximum absolute atomic E-state index is 12.4. The summed E-state index contributed by atoms with van der Waals surface area (Å²) in [5, 5.41) is 6.55. The normalized spacial score (nSPS) is 24.3. The molecule has 3 unspecified atom stereocenters. The number of carbonyl (C=O) groups excluding carboxylic acids is 1. The van der Waals surface area contributed by atoms with Crippen LogP contribution in [0.4, 0.5) is 0 Å². The van der Waals surface area contributed by atoms with Gasteiger partial charge >= 0.3 is 0 Å². The fourth-order valence-corrected chi connectivity index (χ4v) is 3.50. The van der Waals surface area contributed by atoms with Gasteiger partial charge in [-0.05, 0) is 45.3 Å². The molecule has 1 aliphatic rings. The van der Waals surface area contributed by atoms with E-state index in [2.05, 4.69) is 50.4 Å². The molecule has 1 fully saturated rings. The largest absolute Gasteiger partial charge is 0.353 e. The van der Waals surface area contributed by atoms with Gasteiger partial charge in [0, 0.05) is 12.6 Å². The van der Waals surface area contributed by atoms with Gasteiger partial charge in [-0.3, -0.25) is 4.79 Å². The molecule has 2 N–H and O–H groups in total. The SMILES string of the molecule is CCC1CCNC(C(=O)NCC(C(CC)CC)N(C)C)C1. The Morgan fingerprint density at radius 1 is 1.29 bits per heavy atom. The highest BCUT2D eigenvalue weighted by Gasteiger charge is 2.27. The lowest BCUT2D eigenvalue weighted by molar-refractivity contribution is -0.124. The molecule has 0 saturated carbocycles. The van der Waals surface area contributed by atoms with E-state index in [-0.39, 0.29) is 11.9 Å². The molecule has 4 nitrogen and oxygen atoms in total. The summed E-state index contributed by atoms with van der Waals surface area (Å²) >= 11 is 0. The lowest BCUT2D eigenvalue weighted by Gasteiger charge is -2.33. The highest BCUT2D eigenvalue weighted by Crippen LogP contribution is 2.20. The minimum atomic E-state index is 0.00761. The Hall–Kier alpha value is -0.610. The van der Waals surface area contributed by atoms with Gasteiger partial charge in [-0.1, -0.05) is 40.0 Å². The van der Waals surface area contributed by atoms with Crippen molar-refractivity contribution in [2.24, 2.45) is 11.8 Å². The van der Waals surface area contributed by atoms with Crippen LogP contribution < -0.4 is 10.6 Å². The zero-order valence-corrected chi connectivity index (χ0v) is 14.6. The molecule has 3 atom stereocenters. The summed E-state index contributed by atoms with van der Waals surface area (Å²) in [6, 6.07) is 0.433. The van der Waals surface area contributed by atoms with Crippen LogP contribution in [0.1, 0.15) is 52.9 Å². The summed E-state index contributed by atoms with van der Waals surface area (Å²) in [5.74, 6) is 1.53. The van der Waals surface area contributed by atoms with Crippen molar-refractivity contribution < 1.29 is 4.79 Å². The smallest absolute Gasteiger partial charge is 0.237 e. The second-order valence-electron chi connectivity index (χ2n) is 6.66. The van der Waals surface area contributed by atoms with Crippen molar-refractivity contribution in [3.05, 3.63) is 0 Å². The lowest BCUT2D eigenvalue weighted by atomic mass is 9.89. The number of carbonyl (C=O) groups is 1. The molecule has 4 heteroatoms. The number of piperidine rings is 1. The highest BCUT2D eigenvalue weighted by atomic mass is 16.2. The molecule has 1 aliphatic heterocycles. The van der Waals surface area contributed by atoms with E-state index in [9.17, 15) is 4.79 Å². The van der Waals surface area contributed by atoms with Gasteiger partial charge in [-0.25, -0.2) is 0 Å². The second-order valence-corrected chi connectivity index (χ2v) is 6.66. The van der Waals surface area contributed by atoms with Crippen LogP contribution in [0.5, 0.6) is 0 Å². The van der Waals surface area contributed by atoms with Gasteiger partial charge in [0.1, 0.15) is 0 Å².